The SMILES string of the molecule is CC1=CC(=O)CC(C)(C)/C1=C/C=C(C)/C=C/C(=O)/C(C)=C/C=C/C=C(C)/C=C/C=C(C)/C=C/C1=C(C)CC(O)CC1(C)C. The molecular weight excluding hydrogens is 528 g/mol. The Morgan fingerprint density at radius 2 is 1.42 bits per heavy atom. The number of rotatable bonds is 10. The van der Waals surface area contributed by atoms with Crippen LogP contribution in [0.2, 0.25) is 0 Å². The Morgan fingerprint density at radius 1 is 0.814 bits per heavy atom. The van der Waals surface area contributed by atoms with Crippen molar-refractivity contribution in [1.82, 2.24) is 0 Å². The average molecular weight is 581 g/mol. The lowest BCUT2D eigenvalue weighted by Gasteiger charge is -2.35. The summed E-state index contributed by atoms with van der Waals surface area (Å²) in [6.07, 6.45) is 29.2. The van der Waals surface area contributed by atoms with Crippen LogP contribution in [0.1, 0.15) is 88.5 Å². The molecule has 2 rings (SSSR count). The number of aliphatic hydroxyl groups is 1. The zero-order chi connectivity index (χ0) is 32.4. The molecule has 0 bridgehead atoms. The molecule has 2 aliphatic rings. The fourth-order valence-corrected chi connectivity index (χ4v) is 5.75. The van der Waals surface area contributed by atoms with Crippen LogP contribution in [0.5, 0.6) is 0 Å². The van der Waals surface area contributed by atoms with E-state index in [-0.39, 0.29) is 28.5 Å². The van der Waals surface area contributed by atoms with E-state index in [9.17, 15) is 14.7 Å². The summed E-state index contributed by atoms with van der Waals surface area (Å²) in [5, 5.41) is 10.1. The Hall–Kier alpha value is -3.56. The molecule has 0 amide bonds. The molecule has 0 spiro atoms. The highest BCUT2D eigenvalue weighted by Gasteiger charge is 2.31. The monoisotopic (exact) mass is 580 g/mol. The number of aliphatic hydroxyl groups excluding tert-OH is 1. The van der Waals surface area contributed by atoms with Crippen LogP contribution in [0.4, 0.5) is 0 Å². The van der Waals surface area contributed by atoms with Gasteiger partial charge in [0.05, 0.1) is 6.10 Å². The van der Waals surface area contributed by atoms with Crippen molar-refractivity contribution in [2.45, 2.75) is 94.6 Å². The van der Waals surface area contributed by atoms with Crippen molar-refractivity contribution in [2.24, 2.45) is 10.8 Å². The fourth-order valence-electron chi connectivity index (χ4n) is 5.75. The summed E-state index contributed by atoms with van der Waals surface area (Å²) < 4.78 is 0. The van der Waals surface area contributed by atoms with Gasteiger partial charge in [0.1, 0.15) is 0 Å². The molecule has 0 aliphatic heterocycles. The van der Waals surface area contributed by atoms with Crippen LogP contribution < -0.4 is 0 Å². The predicted molar refractivity (Wildman–Crippen MR) is 184 cm³/mol. The maximum absolute atomic E-state index is 12.6. The highest BCUT2D eigenvalue weighted by atomic mass is 16.3. The molecular formula is C40H52O3. The molecule has 0 saturated heterocycles. The first-order valence-electron chi connectivity index (χ1n) is 15.3. The largest absolute Gasteiger partial charge is 0.393 e. The first-order valence-corrected chi connectivity index (χ1v) is 15.3. The van der Waals surface area contributed by atoms with Crippen LogP contribution in [0, 0.1) is 10.8 Å². The van der Waals surface area contributed by atoms with Gasteiger partial charge in [-0.15, -0.1) is 0 Å². The lowest BCUT2D eigenvalue weighted by atomic mass is 9.71. The molecule has 3 nitrogen and oxygen atoms in total. The lowest BCUT2D eigenvalue weighted by molar-refractivity contribution is -0.116. The molecule has 43 heavy (non-hydrogen) atoms. The second-order valence-electron chi connectivity index (χ2n) is 13.4. The number of carbonyl (C=O) groups excluding carboxylic acids is 2. The lowest BCUT2D eigenvalue weighted by Crippen LogP contribution is -2.28. The van der Waals surface area contributed by atoms with Gasteiger partial charge in [-0.25, -0.2) is 0 Å². The molecule has 3 heteroatoms. The highest BCUT2D eigenvalue weighted by molar-refractivity contribution is 6.03. The van der Waals surface area contributed by atoms with E-state index in [0.29, 0.717) is 12.0 Å². The van der Waals surface area contributed by atoms with E-state index in [1.165, 1.54) is 11.1 Å². The normalized spacial score (nSPS) is 23.5. The molecule has 2 aliphatic carbocycles. The summed E-state index contributed by atoms with van der Waals surface area (Å²) in [6, 6.07) is 0. The maximum Gasteiger partial charge on any atom is 0.181 e. The quantitative estimate of drug-likeness (QED) is 0.207. The van der Waals surface area contributed by atoms with Crippen LogP contribution in [0.25, 0.3) is 0 Å². The van der Waals surface area contributed by atoms with E-state index >= 15 is 0 Å². The van der Waals surface area contributed by atoms with E-state index in [4.69, 9.17) is 0 Å². The topological polar surface area (TPSA) is 54.4 Å². The van der Waals surface area contributed by atoms with Gasteiger partial charge in [0.2, 0.25) is 0 Å². The third-order valence-corrected chi connectivity index (χ3v) is 8.07. The molecule has 0 heterocycles. The van der Waals surface area contributed by atoms with E-state index < -0.39 is 0 Å². The Labute approximate surface area is 260 Å². The van der Waals surface area contributed by atoms with E-state index in [1.54, 1.807) is 12.2 Å². The average Bonchev–Trinajstić information content (AvgIpc) is 2.87. The molecule has 0 aromatic rings. The predicted octanol–water partition coefficient (Wildman–Crippen LogP) is 9.93. The zero-order valence-electron chi connectivity index (χ0n) is 28.0. The van der Waals surface area contributed by atoms with Gasteiger partial charge >= 0.3 is 0 Å². The molecule has 1 atom stereocenters. The molecule has 1 N–H and O–H groups in total. The molecule has 0 aromatic heterocycles. The minimum Gasteiger partial charge on any atom is -0.393 e. The van der Waals surface area contributed by atoms with E-state index in [2.05, 4.69) is 71.9 Å². The number of ketones is 2. The van der Waals surface area contributed by atoms with Gasteiger partial charge in [-0.05, 0) is 99.7 Å². The molecule has 0 saturated carbocycles. The number of hydrogen-bond donors (Lipinski definition) is 1. The van der Waals surface area contributed by atoms with Crippen molar-refractivity contribution in [3.63, 3.8) is 0 Å². The number of allylic oxidation sites excluding steroid dienone is 21. The van der Waals surface area contributed by atoms with E-state index in [1.807, 2.05) is 70.2 Å². The molecule has 0 radical (unpaired) electrons. The third-order valence-electron chi connectivity index (χ3n) is 8.07. The second kappa shape index (κ2) is 15.8. The summed E-state index contributed by atoms with van der Waals surface area (Å²) in [7, 11) is 0. The standard InChI is InChI=1S/C40H52O3/c1-28(15-13-16-29(2)18-21-36-32(5)24-34(41)26-39(36,7)8)14-11-12-17-31(4)38(43)23-20-30(3)19-22-37-33(6)25-35(42)27-40(37,9)10/h11-23,25,34,41H,24,26-27H2,1-10H3/b12-11+,15-13+,21-18+,23-20+,28-14+,29-16+,30-19+,31-17+,37-22+. The summed E-state index contributed by atoms with van der Waals surface area (Å²) in [5.41, 5.74) is 8.44. The van der Waals surface area contributed by atoms with Crippen molar-refractivity contribution in [2.75, 3.05) is 0 Å². The third kappa shape index (κ3) is 11.6. The first-order chi connectivity index (χ1) is 20.0. The van der Waals surface area contributed by atoms with Crippen LogP contribution in [0.3, 0.4) is 0 Å². The summed E-state index contributed by atoms with van der Waals surface area (Å²) >= 11 is 0. The van der Waals surface area contributed by atoms with Crippen molar-refractivity contribution >= 4 is 11.6 Å². The Bertz CT molecular complexity index is 1420. The van der Waals surface area contributed by atoms with Crippen LogP contribution in [-0.2, 0) is 9.59 Å². The summed E-state index contributed by atoms with van der Waals surface area (Å²) in [6.45, 7) is 20.6. The van der Waals surface area contributed by atoms with Crippen molar-refractivity contribution in [3.8, 4) is 0 Å². The smallest absolute Gasteiger partial charge is 0.181 e. The van der Waals surface area contributed by atoms with Gasteiger partial charge in [-0.2, -0.15) is 0 Å². The minimum atomic E-state index is -0.246. The van der Waals surface area contributed by atoms with Crippen molar-refractivity contribution in [3.05, 3.63) is 130 Å². The fraction of sp³-hybridized carbons (Fsp3) is 0.400. The number of hydrogen-bond acceptors (Lipinski definition) is 3. The molecule has 0 fully saturated rings. The molecule has 1 unspecified atom stereocenters. The Balaban J connectivity index is 1.95. The highest BCUT2D eigenvalue weighted by Crippen LogP contribution is 2.41. The Morgan fingerprint density at radius 3 is 2.07 bits per heavy atom. The molecule has 230 valence electrons. The maximum atomic E-state index is 12.6. The second-order valence-corrected chi connectivity index (χ2v) is 13.4. The van der Waals surface area contributed by atoms with Crippen LogP contribution in [-0.4, -0.2) is 22.8 Å². The van der Waals surface area contributed by atoms with Crippen molar-refractivity contribution < 1.29 is 14.7 Å². The summed E-state index contributed by atoms with van der Waals surface area (Å²) in [4.78, 5) is 24.5. The van der Waals surface area contributed by atoms with Crippen LogP contribution in [0.15, 0.2) is 130 Å². The minimum absolute atomic E-state index is 0.0186. The number of carbonyl (C=O) groups is 2. The van der Waals surface area contributed by atoms with Gasteiger partial charge in [-0.3, -0.25) is 9.59 Å². The zero-order valence-corrected chi connectivity index (χ0v) is 28.0. The first kappa shape index (κ1) is 35.6. The summed E-state index contributed by atoms with van der Waals surface area (Å²) in [5.74, 6) is 0.142. The van der Waals surface area contributed by atoms with Gasteiger partial charge < -0.3 is 5.11 Å². The van der Waals surface area contributed by atoms with Gasteiger partial charge in [0, 0.05) is 6.42 Å². The molecule has 0 aromatic carbocycles. The van der Waals surface area contributed by atoms with Gasteiger partial charge in [0.15, 0.2) is 11.6 Å². The van der Waals surface area contributed by atoms with E-state index in [0.717, 1.165) is 40.7 Å². The van der Waals surface area contributed by atoms with Crippen molar-refractivity contribution in [1.29, 1.82) is 0 Å². The van der Waals surface area contributed by atoms with Crippen LogP contribution >= 0.6 is 0 Å². The van der Waals surface area contributed by atoms with Gasteiger partial charge in [-0.1, -0.05) is 123 Å². The van der Waals surface area contributed by atoms with Gasteiger partial charge in [0.25, 0.3) is 0 Å². The Kier molecular flexibility index (Phi) is 13.1.